The second-order valence-electron chi connectivity index (χ2n) is 6.58. The van der Waals surface area contributed by atoms with Crippen LogP contribution < -0.4 is 10.6 Å². The molecule has 0 aliphatic carbocycles. The molecule has 2 aromatic rings. The summed E-state index contributed by atoms with van der Waals surface area (Å²) < 4.78 is 1.86. The average molecular weight is 344 g/mol. The van der Waals surface area contributed by atoms with Gasteiger partial charge in [0.05, 0.1) is 11.8 Å². The first-order valence-corrected chi connectivity index (χ1v) is 8.62. The van der Waals surface area contributed by atoms with Crippen molar-refractivity contribution in [1.29, 1.82) is 0 Å². The minimum atomic E-state index is -0.605. The second-order valence-corrected chi connectivity index (χ2v) is 6.58. The summed E-state index contributed by atoms with van der Waals surface area (Å²) in [6, 6.07) is 9.45. The number of urea groups is 1. The quantitative estimate of drug-likeness (QED) is 0.717. The normalized spacial score (nSPS) is 13.3. The number of benzene rings is 1. The zero-order chi connectivity index (χ0) is 18.4. The first-order valence-electron chi connectivity index (χ1n) is 8.62. The van der Waals surface area contributed by atoms with Crippen LogP contribution in [-0.4, -0.2) is 39.6 Å². The number of carbonyl (C=O) groups excluding carboxylic acids is 1. The third-order valence-corrected chi connectivity index (χ3v) is 4.36. The second kappa shape index (κ2) is 8.67. The molecule has 0 radical (unpaired) electrons. The van der Waals surface area contributed by atoms with E-state index in [4.69, 9.17) is 0 Å². The lowest BCUT2D eigenvalue weighted by molar-refractivity contribution is 0.170. The summed E-state index contributed by atoms with van der Waals surface area (Å²) in [5.41, 5.74) is 4.32. The highest BCUT2D eigenvalue weighted by Gasteiger charge is 2.15. The largest absolute Gasteiger partial charge is 0.391 e. The molecule has 0 bridgehead atoms. The molecule has 1 aromatic heterocycles. The summed E-state index contributed by atoms with van der Waals surface area (Å²) in [4.78, 5) is 12.0. The Bertz CT molecular complexity index is 697. The maximum absolute atomic E-state index is 12.0. The predicted molar refractivity (Wildman–Crippen MR) is 98.5 cm³/mol. The summed E-state index contributed by atoms with van der Waals surface area (Å²) in [6.07, 6.45) is 0.641. The Balaban J connectivity index is 1.75. The highest BCUT2D eigenvalue weighted by molar-refractivity contribution is 5.74. The van der Waals surface area contributed by atoms with Crippen molar-refractivity contribution in [1.82, 2.24) is 20.4 Å². The van der Waals surface area contributed by atoms with E-state index in [-0.39, 0.29) is 18.6 Å². The molecular weight excluding hydrogens is 316 g/mol. The van der Waals surface area contributed by atoms with Crippen LogP contribution in [0, 0.1) is 13.8 Å². The lowest BCUT2D eigenvalue weighted by Gasteiger charge is -2.17. The Labute approximate surface area is 149 Å². The van der Waals surface area contributed by atoms with Crippen molar-refractivity contribution < 1.29 is 9.90 Å². The molecule has 1 heterocycles. The van der Waals surface area contributed by atoms with E-state index in [9.17, 15) is 9.90 Å². The molecule has 136 valence electrons. The van der Waals surface area contributed by atoms with Crippen LogP contribution in [0.1, 0.15) is 29.4 Å². The van der Waals surface area contributed by atoms with Crippen molar-refractivity contribution in [3.63, 3.8) is 0 Å². The van der Waals surface area contributed by atoms with Gasteiger partial charge in [-0.15, -0.1) is 0 Å². The first kappa shape index (κ1) is 19.0. The number of rotatable bonds is 7. The van der Waals surface area contributed by atoms with E-state index in [0.29, 0.717) is 6.42 Å². The molecule has 6 nitrogen and oxygen atoms in total. The zero-order valence-electron chi connectivity index (χ0n) is 15.4. The number of aliphatic hydroxyl groups excluding tert-OH is 1. The van der Waals surface area contributed by atoms with Gasteiger partial charge in [-0.05, 0) is 38.3 Å². The van der Waals surface area contributed by atoms with E-state index in [2.05, 4.69) is 15.7 Å². The Morgan fingerprint density at radius 3 is 2.52 bits per heavy atom. The van der Waals surface area contributed by atoms with Crippen molar-refractivity contribution in [3.05, 3.63) is 52.8 Å². The molecule has 2 amide bonds. The number of carbonyl (C=O) groups is 1. The lowest BCUT2D eigenvalue weighted by Crippen LogP contribution is -2.44. The van der Waals surface area contributed by atoms with E-state index in [1.807, 2.05) is 62.8 Å². The van der Waals surface area contributed by atoms with Crippen LogP contribution in [-0.2, 0) is 19.9 Å². The topological polar surface area (TPSA) is 79.2 Å². The van der Waals surface area contributed by atoms with E-state index < -0.39 is 6.10 Å². The SMILES string of the molecule is Cc1nn(C)c(C)c1CC(C)NC(=O)NCC(O)Cc1ccccc1. The fraction of sp³-hybridized carbons (Fsp3) is 0.474. The van der Waals surface area contributed by atoms with Gasteiger partial charge >= 0.3 is 6.03 Å². The molecule has 2 rings (SSSR count). The van der Waals surface area contributed by atoms with Gasteiger partial charge in [0.1, 0.15) is 0 Å². The first-order chi connectivity index (χ1) is 11.9. The van der Waals surface area contributed by atoms with Crippen molar-refractivity contribution in [3.8, 4) is 0 Å². The van der Waals surface area contributed by atoms with Gasteiger partial charge in [-0.3, -0.25) is 4.68 Å². The molecule has 0 saturated heterocycles. The van der Waals surface area contributed by atoms with E-state index in [1.54, 1.807) is 0 Å². The summed E-state index contributed by atoms with van der Waals surface area (Å²) >= 11 is 0. The number of amides is 2. The smallest absolute Gasteiger partial charge is 0.315 e. The Hall–Kier alpha value is -2.34. The highest BCUT2D eigenvalue weighted by Crippen LogP contribution is 2.14. The van der Waals surface area contributed by atoms with Crippen LogP contribution in [0.4, 0.5) is 4.79 Å². The van der Waals surface area contributed by atoms with Crippen LogP contribution in [0.15, 0.2) is 30.3 Å². The maximum atomic E-state index is 12.0. The van der Waals surface area contributed by atoms with Crippen molar-refractivity contribution in [2.24, 2.45) is 7.05 Å². The Kier molecular flexibility index (Phi) is 6.58. The van der Waals surface area contributed by atoms with E-state index >= 15 is 0 Å². The highest BCUT2D eigenvalue weighted by atomic mass is 16.3. The lowest BCUT2D eigenvalue weighted by atomic mass is 10.1. The van der Waals surface area contributed by atoms with E-state index in [0.717, 1.165) is 23.4 Å². The molecule has 25 heavy (non-hydrogen) atoms. The third kappa shape index (κ3) is 5.60. The Morgan fingerprint density at radius 2 is 1.92 bits per heavy atom. The van der Waals surface area contributed by atoms with Crippen LogP contribution in [0.25, 0.3) is 0 Å². The minimum Gasteiger partial charge on any atom is -0.391 e. The molecule has 2 unspecified atom stereocenters. The van der Waals surface area contributed by atoms with Crippen molar-refractivity contribution >= 4 is 6.03 Å². The van der Waals surface area contributed by atoms with Gasteiger partial charge in [-0.1, -0.05) is 30.3 Å². The molecule has 0 spiro atoms. The van der Waals surface area contributed by atoms with Gasteiger partial charge in [0, 0.05) is 31.7 Å². The average Bonchev–Trinajstić information content (AvgIpc) is 2.80. The number of hydrogen-bond acceptors (Lipinski definition) is 3. The predicted octanol–water partition coefficient (Wildman–Crippen LogP) is 1.87. The Morgan fingerprint density at radius 1 is 1.24 bits per heavy atom. The molecule has 0 fully saturated rings. The summed E-state index contributed by atoms with van der Waals surface area (Å²) in [5, 5.41) is 20.1. The van der Waals surface area contributed by atoms with Gasteiger partial charge in [0.15, 0.2) is 0 Å². The number of nitrogens with zero attached hydrogens (tertiary/aromatic N) is 2. The molecule has 1 aromatic carbocycles. The molecule has 3 N–H and O–H groups in total. The number of nitrogens with one attached hydrogen (secondary N) is 2. The van der Waals surface area contributed by atoms with Gasteiger partial charge in [0.2, 0.25) is 0 Å². The van der Waals surface area contributed by atoms with Crippen LogP contribution >= 0.6 is 0 Å². The van der Waals surface area contributed by atoms with Crippen LogP contribution in [0.2, 0.25) is 0 Å². The van der Waals surface area contributed by atoms with Gasteiger partial charge < -0.3 is 15.7 Å². The zero-order valence-corrected chi connectivity index (χ0v) is 15.4. The molecule has 0 saturated carbocycles. The molecule has 0 aliphatic heterocycles. The number of hydrogen-bond donors (Lipinski definition) is 3. The molecule has 0 aliphatic rings. The fourth-order valence-corrected chi connectivity index (χ4v) is 2.91. The standard InChI is InChI=1S/C19H28N4O2/c1-13(10-18-14(2)22-23(4)15(18)3)21-19(25)20-12-17(24)11-16-8-6-5-7-9-16/h5-9,13,17,24H,10-12H2,1-4H3,(H2,20,21,25). The van der Waals surface area contributed by atoms with Gasteiger partial charge in [-0.25, -0.2) is 4.79 Å². The summed E-state index contributed by atoms with van der Waals surface area (Å²) in [6.45, 7) is 6.20. The number of aryl methyl sites for hydroxylation is 2. The van der Waals surface area contributed by atoms with Gasteiger partial charge in [-0.2, -0.15) is 5.10 Å². The van der Waals surface area contributed by atoms with Crippen LogP contribution in [0.5, 0.6) is 0 Å². The number of aromatic nitrogens is 2. The molecular formula is C19H28N4O2. The molecule has 2 atom stereocenters. The van der Waals surface area contributed by atoms with Crippen molar-refractivity contribution in [2.45, 2.75) is 45.8 Å². The van der Waals surface area contributed by atoms with Crippen molar-refractivity contribution in [2.75, 3.05) is 6.54 Å². The molecule has 6 heteroatoms. The minimum absolute atomic E-state index is 0.0205. The summed E-state index contributed by atoms with van der Waals surface area (Å²) in [5.74, 6) is 0. The van der Waals surface area contributed by atoms with Crippen LogP contribution in [0.3, 0.4) is 0 Å². The fourth-order valence-electron chi connectivity index (χ4n) is 2.91. The third-order valence-electron chi connectivity index (χ3n) is 4.36. The number of aliphatic hydroxyl groups is 1. The maximum Gasteiger partial charge on any atom is 0.315 e. The summed E-state index contributed by atoms with van der Waals surface area (Å²) in [7, 11) is 1.92. The van der Waals surface area contributed by atoms with Gasteiger partial charge in [0.25, 0.3) is 0 Å². The monoisotopic (exact) mass is 344 g/mol. The van der Waals surface area contributed by atoms with E-state index in [1.165, 1.54) is 5.56 Å².